The minimum atomic E-state index is -1.33. The van der Waals surface area contributed by atoms with Crippen molar-refractivity contribution in [1.82, 2.24) is 4.98 Å². The number of nitrogens with one attached hydrogen (secondary N) is 1. The predicted molar refractivity (Wildman–Crippen MR) is 70.5 cm³/mol. The van der Waals surface area contributed by atoms with E-state index in [1.54, 1.807) is 0 Å². The van der Waals surface area contributed by atoms with Crippen LogP contribution in [0.5, 0.6) is 0 Å². The van der Waals surface area contributed by atoms with Gasteiger partial charge in [0.05, 0.1) is 4.92 Å². The molecule has 0 fully saturated rings. The molecule has 104 valence electrons. The number of carboxylic acid groups (broad SMARTS) is 1. The number of pyridine rings is 1. The normalized spacial score (nSPS) is 10.2. The average Bonchev–Trinajstić information content (AvgIpc) is 2.38. The molecule has 0 amide bonds. The summed E-state index contributed by atoms with van der Waals surface area (Å²) < 4.78 is 0. The summed E-state index contributed by atoms with van der Waals surface area (Å²) in [6.45, 7) is 2.79. The third-order valence-corrected chi connectivity index (χ3v) is 2.65. The lowest BCUT2D eigenvalue weighted by Crippen LogP contribution is -2.08. The maximum atomic E-state index is 10.9. The fourth-order valence-electron chi connectivity index (χ4n) is 1.63. The highest BCUT2D eigenvalue weighted by atomic mass is 16.6. The van der Waals surface area contributed by atoms with E-state index in [-0.39, 0.29) is 5.56 Å². The number of unbranched alkanes of at least 4 members (excludes halogenated alkanes) is 3. The zero-order valence-corrected chi connectivity index (χ0v) is 10.8. The summed E-state index contributed by atoms with van der Waals surface area (Å²) in [5.41, 5.74) is -0.847. The SMILES string of the molecule is CCCCCCNc1cc(C(=O)O)c([N+](=O)[O-])cn1. The molecule has 1 aromatic heterocycles. The molecule has 0 atom stereocenters. The molecule has 1 aromatic rings. The largest absolute Gasteiger partial charge is 0.477 e. The molecule has 1 heterocycles. The molecular weight excluding hydrogens is 250 g/mol. The molecule has 0 aromatic carbocycles. The van der Waals surface area contributed by atoms with Crippen molar-refractivity contribution in [3.8, 4) is 0 Å². The molecule has 0 spiro atoms. The van der Waals surface area contributed by atoms with Gasteiger partial charge in [-0.25, -0.2) is 9.78 Å². The number of hydrogen-bond donors (Lipinski definition) is 2. The molecule has 0 aliphatic carbocycles. The summed E-state index contributed by atoms with van der Waals surface area (Å²) in [5, 5.41) is 22.5. The van der Waals surface area contributed by atoms with Crippen molar-refractivity contribution in [2.45, 2.75) is 32.6 Å². The van der Waals surface area contributed by atoms with E-state index in [2.05, 4.69) is 17.2 Å². The van der Waals surface area contributed by atoms with E-state index < -0.39 is 16.6 Å². The molecule has 2 N–H and O–H groups in total. The Morgan fingerprint density at radius 2 is 2.21 bits per heavy atom. The number of carbonyl (C=O) groups is 1. The highest BCUT2D eigenvalue weighted by Gasteiger charge is 2.20. The number of aromatic carboxylic acids is 1. The molecule has 0 unspecified atom stereocenters. The molecule has 0 aliphatic rings. The second-order valence-corrected chi connectivity index (χ2v) is 4.14. The van der Waals surface area contributed by atoms with Gasteiger partial charge in [0.2, 0.25) is 0 Å². The summed E-state index contributed by atoms with van der Waals surface area (Å²) in [6.07, 6.45) is 5.30. The average molecular weight is 267 g/mol. The van der Waals surface area contributed by atoms with Crippen LogP contribution in [-0.4, -0.2) is 27.5 Å². The second-order valence-electron chi connectivity index (χ2n) is 4.14. The quantitative estimate of drug-likeness (QED) is 0.426. The standard InChI is InChI=1S/C12H17N3O4/c1-2-3-4-5-6-13-11-7-9(12(16)17)10(8-14-11)15(18)19/h7-8H,2-6H2,1H3,(H,13,14)(H,16,17). The monoisotopic (exact) mass is 267 g/mol. The van der Waals surface area contributed by atoms with Crippen LogP contribution in [0.2, 0.25) is 0 Å². The molecule has 1 rings (SSSR count). The maximum Gasteiger partial charge on any atom is 0.342 e. The van der Waals surface area contributed by atoms with Gasteiger partial charge in [-0.15, -0.1) is 0 Å². The number of hydrogen-bond acceptors (Lipinski definition) is 5. The Kier molecular flexibility index (Phi) is 5.72. The Bertz CT molecular complexity index is 462. The zero-order chi connectivity index (χ0) is 14.3. The Labute approximate surface area is 110 Å². The van der Waals surface area contributed by atoms with E-state index >= 15 is 0 Å². The number of rotatable bonds is 8. The van der Waals surface area contributed by atoms with E-state index in [4.69, 9.17) is 5.11 Å². The van der Waals surface area contributed by atoms with Crippen LogP contribution in [0.25, 0.3) is 0 Å². The van der Waals surface area contributed by atoms with Gasteiger partial charge in [0.25, 0.3) is 0 Å². The van der Waals surface area contributed by atoms with Crippen LogP contribution in [-0.2, 0) is 0 Å². The zero-order valence-electron chi connectivity index (χ0n) is 10.8. The van der Waals surface area contributed by atoms with Gasteiger partial charge in [0.1, 0.15) is 17.6 Å². The molecule has 0 saturated carbocycles. The lowest BCUT2D eigenvalue weighted by Gasteiger charge is -2.06. The fraction of sp³-hybridized carbons (Fsp3) is 0.500. The summed E-state index contributed by atoms with van der Waals surface area (Å²) in [6, 6.07) is 1.19. The Morgan fingerprint density at radius 3 is 2.79 bits per heavy atom. The topological polar surface area (TPSA) is 105 Å². The molecule has 7 heteroatoms. The first-order valence-electron chi connectivity index (χ1n) is 6.17. The summed E-state index contributed by atoms with van der Waals surface area (Å²) in [7, 11) is 0. The van der Waals surface area contributed by atoms with Crippen LogP contribution in [0.1, 0.15) is 43.0 Å². The lowest BCUT2D eigenvalue weighted by molar-refractivity contribution is -0.385. The van der Waals surface area contributed by atoms with Gasteiger partial charge in [0, 0.05) is 12.6 Å². The Morgan fingerprint density at radius 1 is 1.47 bits per heavy atom. The predicted octanol–water partition coefficient (Wildman–Crippen LogP) is 2.68. The van der Waals surface area contributed by atoms with Crippen molar-refractivity contribution in [3.63, 3.8) is 0 Å². The van der Waals surface area contributed by atoms with Gasteiger partial charge >= 0.3 is 11.7 Å². The van der Waals surface area contributed by atoms with Crippen LogP contribution in [0.4, 0.5) is 11.5 Å². The third-order valence-electron chi connectivity index (χ3n) is 2.65. The smallest absolute Gasteiger partial charge is 0.342 e. The van der Waals surface area contributed by atoms with E-state index in [9.17, 15) is 14.9 Å². The summed E-state index contributed by atoms with van der Waals surface area (Å²) in [5.74, 6) is -0.984. The van der Waals surface area contributed by atoms with Crippen LogP contribution in [0.15, 0.2) is 12.3 Å². The van der Waals surface area contributed by atoms with Gasteiger partial charge < -0.3 is 10.4 Å². The molecule has 0 aliphatic heterocycles. The molecule has 19 heavy (non-hydrogen) atoms. The Hall–Kier alpha value is -2.18. The van der Waals surface area contributed by atoms with Gasteiger partial charge in [-0.1, -0.05) is 26.2 Å². The minimum absolute atomic E-state index is 0.347. The summed E-state index contributed by atoms with van der Waals surface area (Å²) >= 11 is 0. The van der Waals surface area contributed by atoms with E-state index in [0.717, 1.165) is 31.9 Å². The molecule has 0 bridgehead atoms. The summed E-state index contributed by atoms with van der Waals surface area (Å²) in [4.78, 5) is 24.7. The number of nitro groups is 1. The molecule has 0 radical (unpaired) electrons. The van der Waals surface area contributed by atoms with Crippen molar-refractivity contribution >= 4 is 17.5 Å². The Balaban J connectivity index is 2.68. The van der Waals surface area contributed by atoms with Crippen LogP contribution < -0.4 is 5.32 Å². The first-order valence-corrected chi connectivity index (χ1v) is 6.17. The second kappa shape index (κ2) is 7.30. The van der Waals surface area contributed by atoms with Gasteiger partial charge in [-0.2, -0.15) is 0 Å². The van der Waals surface area contributed by atoms with Crippen molar-refractivity contribution in [3.05, 3.63) is 27.9 Å². The van der Waals surface area contributed by atoms with E-state index in [1.807, 2.05) is 0 Å². The van der Waals surface area contributed by atoms with Crippen molar-refractivity contribution in [2.24, 2.45) is 0 Å². The van der Waals surface area contributed by atoms with Crippen LogP contribution in [0.3, 0.4) is 0 Å². The molecule has 7 nitrogen and oxygen atoms in total. The third kappa shape index (κ3) is 4.53. The van der Waals surface area contributed by atoms with Gasteiger partial charge in [-0.3, -0.25) is 10.1 Å². The van der Waals surface area contributed by atoms with Crippen molar-refractivity contribution in [2.75, 3.05) is 11.9 Å². The first-order chi connectivity index (χ1) is 9.06. The minimum Gasteiger partial charge on any atom is -0.477 e. The van der Waals surface area contributed by atoms with E-state index in [1.165, 1.54) is 6.07 Å². The number of nitrogens with zero attached hydrogens (tertiary/aromatic N) is 2. The van der Waals surface area contributed by atoms with Gasteiger partial charge in [-0.05, 0) is 6.42 Å². The molecule has 0 saturated heterocycles. The number of carboxylic acids is 1. The molecular formula is C12H17N3O4. The van der Waals surface area contributed by atoms with Crippen LogP contribution >= 0.6 is 0 Å². The maximum absolute atomic E-state index is 10.9. The van der Waals surface area contributed by atoms with Crippen molar-refractivity contribution < 1.29 is 14.8 Å². The van der Waals surface area contributed by atoms with Crippen LogP contribution in [0, 0.1) is 10.1 Å². The highest BCUT2D eigenvalue weighted by Crippen LogP contribution is 2.20. The van der Waals surface area contributed by atoms with E-state index in [0.29, 0.717) is 12.4 Å². The fourth-order valence-corrected chi connectivity index (χ4v) is 1.63. The number of anilines is 1. The lowest BCUT2D eigenvalue weighted by atomic mass is 10.2. The highest BCUT2D eigenvalue weighted by molar-refractivity contribution is 5.93. The first kappa shape index (κ1) is 14.9. The number of aromatic nitrogens is 1. The van der Waals surface area contributed by atoms with Crippen molar-refractivity contribution in [1.29, 1.82) is 0 Å². The van der Waals surface area contributed by atoms with Gasteiger partial charge in [0.15, 0.2) is 0 Å².